The first-order chi connectivity index (χ1) is 5.20. The second-order valence-corrected chi connectivity index (χ2v) is 3.97. The Kier molecular flexibility index (Phi) is 57.4. The van der Waals surface area contributed by atoms with E-state index in [1.54, 1.807) is 0 Å². The Hall–Kier alpha value is 4.28. The van der Waals surface area contributed by atoms with Crippen molar-refractivity contribution in [3.63, 3.8) is 0 Å². The molecule has 0 atom stereocenters. The molecular formula is BaNb3O9Rb. The number of hydrogen-bond acceptors (Lipinski definition) is 9. The van der Waals surface area contributed by atoms with Gasteiger partial charge in [-0.05, 0) is 0 Å². The van der Waals surface area contributed by atoms with Crippen molar-refractivity contribution in [2.45, 2.75) is 0 Å². The van der Waals surface area contributed by atoms with Crippen molar-refractivity contribution >= 4 is 48.9 Å². The summed E-state index contributed by atoms with van der Waals surface area (Å²) < 4.78 is 77.4. The van der Waals surface area contributed by atoms with Crippen LogP contribution < -0.4 is 69.0 Å². The predicted molar refractivity (Wildman–Crippen MR) is 9.87 cm³/mol. The van der Waals surface area contributed by atoms with E-state index in [1.165, 1.54) is 0 Å². The molecule has 0 aliphatic rings. The van der Waals surface area contributed by atoms with Gasteiger partial charge >= 0.3 is 194 Å². The molecule has 0 aromatic carbocycles. The summed E-state index contributed by atoms with van der Waals surface area (Å²) in [5.74, 6) is 0. The Morgan fingerprint density at radius 2 is 0.571 bits per heavy atom. The van der Waals surface area contributed by atoms with Crippen LogP contribution in [0.2, 0.25) is 0 Å². The van der Waals surface area contributed by atoms with E-state index in [9.17, 15) is 0 Å². The van der Waals surface area contributed by atoms with Crippen molar-refractivity contribution in [2.75, 3.05) is 0 Å². The van der Waals surface area contributed by atoms with E-state index in [0.29, 0.717) is 0 Å². The van der Waals surface area contributed by atoms with Crippen LogP contribution in [0.4, 0.5) is 0 Å². The molecule has 0 heterocycles. The minimum Gasteiger partial charge on any atom is 1.00 e. The summed E-state index contributed by atoms with van der Waals surface area (Å²) in [6.45, 7) is 0. The van der Waals surface area contributed by atoms with Crippen LogP contribution in [-0.4, -0.2) is 48.9 Å². The van der Waals surface area contributed by atoms with Crippen LogP contribution in [0.25, 0.3) is 0 Å². The summed E-state index contributed by atoms with van der Waals surface area (Å²) in [5, 5.41) is 0. The molecule has 0 unspecified atom stereocenters. The van der Waals surface area contributed by atoms with Gasteiger partial charge in [-0.3, -0.25) is 0 Å². The van der Waals surface area contributed by atoms with E-state index in [2.05, 4.69) is 0 Å². The van der Waals surface area contributed by atoms with Gasteiger partial charge in [-0.15, -0.1) is 0 Å². The largest absolute Gasteiger partial charge is 1.00 e. The molecule has 9 nitrogen and oxygen atoms in total. The molecule has 0 radical (unpaired) electrons. The quantitative estimate of drug-likeness (QED) is 0.232. The number of rotatable bonds is 0. The van der Waals surface area contributed by atoms with Gasteiger partial charge in [0.2, 0.25) is 0 Å². The first-order valence-corrected chi connectivity index (χ1v) is 9.72. The molecule has 0 spiro atoms. The molecule has 0 aromatic heterocycles. The first kappa shape index (κ1) is 30.9. The van der Waals surface area contributed by atoms with Crippen molar-refractivity contribution in [3.05, 3.63) is 0 Å². The normalized spacial score (nSPS) is 5.36. The van der Waals surface area contributed by atoms with Crippen molar-refractivity contribution in [3.8, 4) is 0 Å². The fourth-order valence-electron chi connectivity index (χ4n) is 0. The zero-order valence-electron chi connectivity index (χ0n) is 6.72. The fourth-order valence-corrected chi connectivity index (χ4v) is 0. The Bertz CT molecular complexity index is 213. The predicted octanol–water partition coefficient (Wildman–Crippen LogP) is -7.66. The fraction of sp³-hybridized carbons (Fsp3) is 0. The van der Waals surface area contributed by atoms with E-state index in [1.807, 2.05) is 0 Å². The van der Waals surface area contributed by atoms with Crippen LogP contribution in [0.15, 0.2) is 0 Å². The van der Waals surface area contributed by atoms with Crippen LogP contribution in [0.5, 0.6) is 0 Å². The van der Waals surface area contributed by atoms with E-state index >= 15 is 0 Å². The maximum atomic E-state index is 8.60. The Labute approximate surface area is 188 Å². The van der Waals surface area contributed by atoms with Gasteiger partial charge < -0.3 is 0 Å². The Balaban J connectivity index is -0.0000000270. The van der Waals surface area contributed by atoms with Gasteiger partial charge in [0.05, 0.1) is 0 Å². The summed E-state index contributed by atoms with van der Waals surface area (Å²) in [5.41, 5.74) is 0. The Morgan fingerprint density at radius 3 is 0.571 bits per heavy atom. The SMILES string of the molecule is [Ba+2].[O]=[Nb](=[O])[O-].[O]=[Nb](=[O])[O-].[O]=[Nb](=[O])[O-].[Rb+]. The van der Waals surface area contributed by atoms with Crippen molar-refractivity contribution in [1.29, 1.82) is 0 Å². The van der Waals surface area contributed by atoms with Crippen LogP contribution in [0, 0.1) is 0 Å². The molecule has 14 heavy (non-hydrogen) atoms. The molecule has 0 aliphatic carbocycles. The van der Waals surface area contributed by atoms with Gasteiger partial charge in [0.15, 0.2) is 0 Å². The smallest absolute Gasteiger partial charge is 1.00 e. The molecule has 0 N–H and O–H groups in total. The summed E-state index contributed by atoms with van der Waals surface area (Å²) >= 11 is -12.6. The molecule has 0 saturated heterocycles. The van der Waals surface area contributed by atoms with Crippen molar-refractivity contribution in [2.24, 2.45) is 0 Å². The summed E-state index contributed by atoms with van der Waals surface area (Å²) in [4.78, 5) is 0. The van der Waals surface area contributed by atoms with Gasteiger partial charge in [0.25, 0.3) is 0 Å². The van der Waals surface area contributed by atoms with Crippen LogP contribution in [0.3, 0.4) is 0 Å². The standard InChI is InChI=1S/Ba.3Nb.9O.Rb/q+2;;;;;;;;;;3*-1;+1. The van der Waals surface area contributed by atoms with E-state index in [0.717, 1.165) is 0 Å². The zero-order valence-corrected chi connectivity index (χ0v) is 22.7. The van der Waals surface area contributed by atoms with Crippen LogP contribution in [-0.2, 0) is 75.9 Å². The molecule has 14 heteroatoms. The minimum absolute atomic E-state index is 0. The van der Waals surface area contributed by atoms with Crippen LogP contribution in [0.1, 0.15) is 0 Å². The van der Waals surface area contributed by atoms with E-state index in [-0.39, 0.29) is 107 Å². The van der Waals surface area contributed by atoms with Gasteiger partial charge in [0.1, 0.15) is 0 Å². The minimum atomic E-state index is -4.20. The summed E-state index contributed by atoms with van der Waals surface area (Å²) in [6.07, 6.45) is 0. The molecular weight excluding hydrogens is 646 g/mol. The average molecular weight is 646 g/mol. The average Bonchev–Trinajstić information content (AvgIpc) is 1.54. The molecule has 0 aliphatic heterocycles. The molecule has 72 valence electrons. The van der Waals surface area contributed by atoms with Gasteiger partial charge in [-0.25, -0.2) is 0 Å². The van der Waals surface area contributed by atoms with E-state index < -0.39 is 56.4 Å². The third-order valence-corrected chi connectivity index (χ3v) is 0. The maximum Gasteiger partial charge on any atom is 1.00 e. The Morgan fingerprint density at radius 1 is 0.571 bits per heavy atom. The molecule has 0 fully saturated rings. The van der Waals surface area contributed by atoms with Gasteiger partial charge in [-0.1, -0.05) is 0 Å². The zero-order chi connectivity index (χ0) is 10.7. The van der Waals surface area contributed by atoms with Crippen molar-refractivity contribution < 1.29 is 145 Å². The molecule has 0 bridgehead atoms. The van der Waals surface area contributed by atoms with Gasteiger partial charge in [-0.2, -0.15) is 0 Å². The number of hydrogen-bond donors (Lipinski definition) is 0. The third kappa shape index (κ3) is 208. The molecule has 0 rings (SSSR count). The molecule has 0 saturated carbocycles. The summed E-state index contributed by atoms with van der Waals surface area (Å²) in [6, 6.07) is 0. The maximum absolute atomic E-state index is 8.60. The molecule has 0 amide bonds. The summed E-state index contributed by atoms with van der Waals surface area (Å²) in [7, 11) is 0. The van der Waals surface area contributed by atoms with Crippen LogP contribution >= 0.6 is 0 Å². The second-order valence-electron chi connectivity index (χ2n) is 0.671. The third-order valence-electron chi connectivity index (χ3n) is 0. The van der Waals surface area contributed by atoms with E-state index in [4.69, 9.17) is 30.3 Å². The molecule has 0 aromatic rings. The first-order valence-electron chi connectivity index (χ1n) is 1.64. The van der Waals surface area contributed by atoms with Gasteiger partial charge in [0, 0.05) is 0 Å². The monoisotopic (exact) mass is 645 g/mol. The van der Waals surface area contributed by atoms with Crippen molar-refractivity contribution in [1.82, 2.24) is 0 Å². The second kappa shape index (κ2) is 26.0. The topological polar surface area (TPSA) is 172 Å².